The molecule has 0 heterocycles. The molecule has 0 aromatic rings. The van der Waals surface area contributed by atoms with E-state index in [1.165, 1.54) is 5.57 Å². The minimum absolute atomic E-state index is 0.250. The number of halogens is 2. The van der Waals surface area contributed by atoms with E-state index in [0.717, 1.165) is 31.7 Å². The fraction of sp³-hybridized carbons (Fsp3) is 0.762. The molecule has 1 amide bonds. The molecule has 2 unspecified atom stereocenters. The lowest BCUT2D eigenvalue weighted by Crippen LogP contribution is -2.35. The van der Waals surface area contributed by atoms with E-state index in [1.54, 1.807) is 0 Å². The third-order valence-corrected chi connectivity index (χ3v) is 4.50. The second-order valence-corrected chi connectivity index (χ2v) is 8.69. The van der Waals surface area contributed by atoms with Crippen molar-refractivity contribution in [3.05, 3.63) is 23.8 Å². The van der Waals surface area contributed by atoms with E-state index >= 15 is 0 Å². The fourth-order valence-corrected chi connectivity index (χ4v) is 3.12. The van der Waals surface area contributed by atoms with E-state index in [0.29, 0.717) is 26.8 Å². The number of allylic oxidation sites excluding steroid dienone is 2. The minimum atomic E-state index is -2.24. The predicted molar refractivity (Wildman–Crippen MR) is 119 cm³/mol. The normalized spacial score (nSPS) is 17.8. The maximum absolute atomic E-state index is 13.3. The van der Waals surface area contributed by atoms with Gasteiger partial charge in [-0.25, -0.2) is 9.10 Å². The Bertz CT molecular complexity index is 501. The lowest BCUT2D eigenvalue weighted by Gasteiger charge is -2.25. The number of carbonyl (C=O) groups is 1. The zero-order valence-electron chi connectivity index (χ0n) is 19.2. The maximum atomic E-state index is 13.3. The lowest BCUT2D eigenvalue weighted by molar-refractivity contribution is 0.0189. The first kappa shape index (κ1) is 30.1. The molecule has 2 atom stereocenters. The number of nitrogens with one attached hydrogen (secondary N) is 1. The Kier molecular flexibility index (Phi) is 16.3. The van der Waals surface area contributed by atoms with Gasteiger partial charge in [-0.05, 0) is 51.5 Å². The first-order valence-corrected chi connectivity index (χ1v) is 10.8. The van der Waals surface area contributed by atoms with Crippen molar-refractivity contribution in [2.24, 2.45) is 5.92 Å². The molecule has 2 N–H and O–H groups in total. The Labute approximate surface area is 180 Å². The summed E-state index contributed by atoms with van der Waals surface area (Å²) in [6.07, 6.45) is 7.53. The fourth-order valence-electron chi connectivity index (χ4n) is 2.33. The van der Waals surface area contributed by atoms with Gasteiger partial charge < -0.3 is 15.2 Å². The minimum Gasteiger partial charge on any atom is -0.444 e. The quantitative estimate of drug-likeness (QED) is 0.380. The van der Waals surface area contributed by atoms with Crippen molar-refractivity contribution in [3.8, 4) is 0 Å². The van der Waals surface area contributed by atoms with Crippen LogP contribution in [0.5, 0.6) is 0 Å². The number of amides is 1. The smallest absolute Gasteiger partial charge is 0.407 e. The summed E-state index contributed by atoms with van der Waals surface area (Å²) in [6.45, 7) is 14.4. The van der Waals surface area contributed by atoms with Gasteiger partial charge in [0.2, 0.25) is 0 Å². The van der Waals surface area contributed by atoms with E-state index in [9.17, 15) is 18.7 Å². The highest BCUT2D eigenvalue weighted by Gasteiger charge is 2.23. The van der Waals surface area contributed by atoms with Crippen molar-refractivity contribution in [3.63, 3.8) is 0 Å². The van der Waals surface area contributed by atoms with Gasteiger partial charge in [0.15, 0.2) is 0 Å². The predicted octanol–water partition coefficient (Wildman–Crippen LogP) is 5.62. The molecular formula is C21H40F2N2O3S. The average Bonchev–Trinajstić information content (AvgIpc) is 2.65. The van der Waals surface area contributed by atoms with Crippen molar-refractivity contribution in [1.82, 2.24) is 9.62 Å². The van der Waals surface area contributed by atoms with Crippen LogP contribution in [0, 0.1) is 5.92 Å². The molecule has 0 saturated carbocycles. The van der Waals surface area contributed by atoms with Crippen molar-refractivity contribution >= 4 is 18.0 Å². The first-order chi connectivity index (χ1) is 13.5. The maximum Gasteiger partial charge on any atom is 0.407 e. The monoisotopic (exact) mass is 438 g/mol. The van der Waals surface area contributed by atoms with E-state index in [4.69, 9.17) is 4.74 Å². The highest BCUT2D eigenvalue weighted by Crippen LogP contribution is 2.28. The van der Waals surface area contributed by atoms with Gasteiger partial charge in [0.05, 0.1) is 7.18 Å². The molecule has 1 rings (SSSR count). The van der Waals surface area contributed by atoms with Crippen LogP contribution in [-0.2, 0) is 4.74 Å². The largest absolute Gasteiger partial charge is 0.444 e. The van der Waals surface area contributed by atoms with Gasteiger partial charge in [-0.15, -0.1) is 0 Å². The van der Waals surface area contributed by atoms with Crippen LogP contribution in [0.3, 0.4) is 0 Å². The standard InChI is InChI=1S/C18H31FN2O3S.C2H6.CH3F/c1-6-21(25-18(5,19)23)12-11-14-7-9-15(10-8-14)13-20-16(22)24-17(2,3)4;2*1-2/h7-9,15,23H,6,10-13H2,1-5H3,(H,20,22);1-2H3;1H3. The summed E-state index contributed by atoms with van der Waals surface area (Å²) in [4.78, 5) is 11.7. The number of hydrogen-bond acceptors (Lipinski definition) is 5. The van der Waals surface area contributed by atoms with Gasteiger partial charge in [0, 0.05) is 26.6 Å². The molecule has 172 valence electrons. The van der Waals surface area contributed by atoms with Crippen molar-refractivity contribution in [1.29, 1.82) is 0 Å². The van der Waals surface area contributed by atoms with Gasteiger partial charge >= 0.3 is 6.09 Å². The number of alkyl halides is 2. The number of nitrogens with zero attached hydrogens (tertiary/aromatic N) is 1. The summed E-state index contributed by atoms with van der Waals surface area (Å²) >= 11 is 0.816. The molecule has 5 nitrogen and oxygen atoms in total. The molecule has 29 heavy (non-hydrogen) atoms. The van der Waals surface area contributed by atoms with E-state index in [-0.39, 0.29) is 5.92 Å². The van der Waals surface area contributed by atoms with Crippen molar-refractivity contribution < 1.29 is 23.4 Å². The first-order valence-electron chi connectivity index (χ1n) is 10.1. The summed E-state index contributed by atoms with van der Waals surface area (Å²) in [7, 11) is 0.500. The van der Waals surface area contributed by atoms with Gasteiger partial charge in [0.1, 0.15) is 5.60 Å². The molecule has 1 aliphatic rings. The summed E-state index contributed by atoms with van der Waals surface area (Å²) in [5.41, 5.74) is 0.693. The van der Waals surface area contributed by atoms with Crippen LogP contribution >= 0.6 is 11.9 Å². The molecule has 0 aliphatic heterocycles. The molecular weight excluding hydrogens is 398 g/mol. The van der Waals surface area contributed by atoms with E-state index < -0.39 is 16.9 Å². The Morgan fingerprint density at radius 1 is 1.34 bits per heavy atom. The summed E-state index contributed by atoms with van der Waals surface area (Å²) in [5.74, 6) is 0.250. The van der Waals surface area contributed by atoms with Gasteiger partial charge in [-0.1, -0.05) is 44.6 Å². The van der Waals surface area contributed by atoms with Crippen LogP contribution < -0.4 is 5.32 Å². The molecule has 0 bridgehead atoms. The number of rotatable bonds is 8. The molecule has 1 aliphatic carbocycles. The van der Waals surface area contributed by atoms with Crippen LogP contribution in [0.25, 0.3) is 0 Å². The van der Waals surface area contributed by atoms with Gasteiger partial charge in [-0.3, -0.25) is 4.39 Å². The SMILES string of the molecule is CC.CCN(CCC1=CCC(CNC(=O)OC(C)(C)C)C=C1)SC(C)(O)F.CF. The number of ether oxygens (including phenoxy) is 1. The average molecular weight is 439 g/mol. The number of carbonyl (C=O) groups excluding carboxylic acids is 1. The molecule has 0 spiro atoms. The highest BCUT2D eigenvalue weighted by molar-refractivity contribution is 7.98. The number of alkyl carbamates (subject to hydrolysis) is 1. The van der Waals surface area contributed by atoms with Gasteiger partial charge in [0.25, 0.3) is 5.19 Å². The second kappa shape index (κ2) is 15.7. The lowest BCUT2D eigenvalue weighted by atomic mass is 9.95. The molecule has 0 saturated heterocycles. The van der Waals surface area contributed by atoms with Crippen LogP contribution in [0.4, 0.5) is 13.6 Å². The molecule has 8 heteroatoms. The zero-order valence-corrected chi connectivity index (χ0v) is 20.0. The Morgan fingerprint density at radius 2 is 1.93 bits per heavy atom. The Morgan fingerprint density at radius 3 is 2.34 bits per heavy atom. The van der Waals surface area contributed by atoms with Crippen molar-refractivity contribution in [2.45, 2.75) is 72.1 Å². The third-order valence-electron chi connectivity index (χ3n) is 3.47. The number of hydrogen-bond donors (Lipinski definition) is 2. The number of aliphatic hydroxyl groups is 1. The molecule has 0 fully saturated rings. The van der Waals surface area contributed by atoms with E-state index in [1.807, 2.05) is 45.8 Å². The second-order valence-electron chi connectivity index (χ2n) is 7.25. The summed E-state index contributed by atoms with van der Waals surface area (Å²) in [6, 6.07) is 0. The molecule has 0 aromatic heterocycles. The Balaban J connectivity index is 0. The van der Waals surface area contributed by atoms with E-state index in [2.05, 4.69) is 23.5 Å². The van der Waals surface area contributed by atoms with Crippen LogP contribution in [-0.4, -0.2) is 53.1 Å². The van der Waals surface area contributed by atoms with Crippen molar-refractivity contribution in [2.75, 3.05) is 26.8 Å². The molecule has 0 aromatic carbocycles. The summed E-state index contributed by atoms with van der Waals surface area (Å²) in [5, 5.41) is 9.79. The van der Waals surface area contributed by atoms with Crippen LogP contribution in [0.15, 0.2) is 23.8 Å². The summed E-state index contributed by atoms with van der Waals surface area (Å²) < 4.78 is 29.8. The topological polar surface area (TPSA) is 61.8 Å². The van der Waals surface area contributed by atoms with Gasteiger partial charge in [-0.2, -0.15) is 4.39 Å². The zero-order chi connectivity index (χ0) is 23.1. The van der Waals surface area contributed by atoms with Crippen LogP contribution in [0.2, 0.25) is 0 Å². The third kappa shape index (κ3) is 17.4. The Hall–Kier alpha value is -1.12. The highest BCUT2D eigenvalue weighted by atomic mass is 32.2. The molecule has 0 radical (unpaired) electrons. The van der Waals surface area contributed by atoms with Crippen LogP contribution in [0.1, 0.15) is 61.3 Å².